The van der Waals surface area contributed by atoms with Crippen LogP contribution >= 0.6 is 0 Å². The summed E-state index contributed by atoms with van der Waals surface area (Å²) in [5.41, 5.74) is 4.79. The van der Waals surface area contributed by atoms with E-state index in [4.69, 9.17) is 24.1 Å². The number of nitrogens with one attached hydrogen (secondary N) is 1. The molecular weight excluding hydrogens is 626 g/mol. The zero-order chi connectivity index (χ0) is 34.4. The number of aryl methyl sites for hydroxylation is 1. The second kappa shape index (κ2) is 17.6. The van der Waals surface area contributed by atoms with Gasteiger partial charge in [-0.05, 0) is 103 Å². The number of fused-ring (bicyclic) bond motifs is 1. The molecule has 1 aliphatic rings. The molecule has 256 valence electrons. The van der Waals surface area contributed by atoms with E-state index >= 15 is 0 Å². The Labute approximate surface area is 285 Å². The predicted molar refractivity (Wildman–Crippen MR) is 185 cm³/mol. The van der Waals surface area contributed by atoms with Gasteiger partial charge in [0.05, 0.1) is 13.2 Å². The van der Waals surface area contributed by atoms with Crippen molar-refractivity contribution in [2.45, 2.75) is 57.8 Å². The topological polar surface area (TPSA) is 141 Å². The molecule has 4 aromatic carbocycles. The number of carbonyl (C=O) groups excluding carboxylic acids is 1. The van der Waals surface area contributed by atoms with Crippen molar-refractivity contribution in [1.82, 2.24) is 0 Å². The van der Waals surface area contributed by atoms with Gasteiger partial charge < -0.3 is 34.5 Å². The molecule has 0 saturated carbocycles. The molecule has 49 heavy (non-hydrogen) atoms. The Hall–Kier alpha value is -5.51. The number of carboxylic acid groups (broad SMARTS) is 2. The van der Waals surface area contributed by atoms with Crippen molar-refractivity contribution < 1.29 is 43.5 Å². The van der Waals surface area contributed by atoms with Gasteiger partial charge in [0.15, 0.2) is 11.5 Å². The van der Waals surface area contributed by atoms with Gasteiger partial charge in [0, 0.05) is 24.1 Å². The molecule has 1 amide bonds. The van der Waals surface area contributed by atoms with Crippen LogP contribution in [0, 0.1) is 0 Å². The van der Waals surface area contributed by atoms with E-state index in [1.165, 1.54) is 0 Å². The molecule has 0 spiro atoms. The van der Waals surface area contributed by atoms with Crippen molar-refractivity contribution in [1.29, 1.82) is 0 Å². The Morgan fingerprint density at radius 1 is 0.673 bits per heavy atom. The molecule has 4 aromatic rings. The zero-order valence-corrected chi connectivity index (χ0v) is 27.3. The third kappa shape index (κ3) is 10.5. The van der Waals surface area contributed by atoms with E-state index in [1.54, 1.807) is 6.07 Å². The number of aliphatic carboxylic acids is 2. The lowest BCUT2D eigenvalue weighted by Gasteiger charge is -2.15. The van der Waals surface area contributed by atoms with Crippen molar-refractivity contribution >= 4 is 23.5 Å². The molecule has 10 heteroatoms. The van der Waals surface area contributed by atoms with Crippen molar-refractivity contribution in [2.75, 3.05) is 25.3 Å². The van der Waals surface area contributed by atoms with Crippen LogP contribution in [-0.2, 0) is 22.4 Å². The second-order valence-corrected chi connectivity index (χ2v) is 11.8. The molecule has 0 aromatic heterocycles. The molecule has 5 rings (SSSR count). The number of hydrogen-bond acceptors (Lipinski definition) is 7. The first-order valence-electron chi connectivity index (χ1n) is 16.6. The minimum atomic E-state index is -0.878. The minimum absolute atomic E-state index is 0.00860. The van der Waals surface area contributed by atoms with Gasteiger partial charge in [-0.1, -0.05) is 49.2 Å². The van der Waals surface area contributed by atoms with E-state index in [-0.39, 0.29) is 32.1 Å². The lowest BCUT2D eigenvalue weighted by Crippen LogP contribution is -2.12. The molecule has 0 radical (unpaired) electrons. The van der Waals surface area contributed by atoms with Crippen LogP contribution in [0.15, 0.2) is 84.9 Å². The van der Waals surface area contributed by atoms with E-state index in [0.717, 1.165) is 54.4 Å². The Kier molecular flexibility index (Phi) is 12.5. The fourth-order valence-corrected chi connectivity index (χ4v) is 5.64. The van der Waals surface area contributed by atoms with Gasteiger partial charge in [-0.25, -0.2) is 0 Å². The number of hydrogen-bond donors (Lipinski definition) is 3. The van der Waals surface area contributed by atoms with Crippen LogP contribution in [-0.4, -0.2) is 48.1 Å². The highest BCUT2D eigenvalue weighted by Crippen LogP contribution is 2.37. The molecule has 3 N–H and O–H groups in total. The SMILES string of the molecule is O=C(O)CCCOc1cccc(CCCCCCOc2cc(C(=O)Nc3ccccc3)cc(-c3ccc4c(c3)OCO4)c2)c1CCC(=O)O. The van der Waals surface area contributed by atoms with E-state index in [9.17, 15) is 19.5 Å². The van der Waals surface area contributed by atoms with Crippen molar-refractivity contribution in [3.8, 4) is 34.1 Å². The number of ether oxygens (including phenoxy) is 4. The second-order valence-electron chi connectivity index (χ2n) is 11.8. The van der Waals surface area contributed by atoms with Gasteiger partial charge >= 0.3 is 11.9 Å². The summed E-state index contributed by atoms with van der Waals surface area (Å²) in [6, 6.07) is 26.2. The lowest BCUT2D eigenvalue weighted by molar-refractivity contribution is -0.138. The maximum atomic E-state index is 13.2. The van der Waals surface area contributed by atoms with E-state index < -0.39 is 11.9 Å². The van der Waals surface area contributed by atoms with Gasteiger partial charge in [0.25, 0.3) is 5.91 Å². The molecule has 10 nitrogen and oxygen atoms in total. The summed E-state index contributed by atoms with van der Waals surface area (Å²) in [6.45, 7) is 0.915. The molecule has 0 saturated heterocycles. The molecule has 1 heterocycles. The summed E-state index contributed by atoms with van der Waals surface area (Å²) in [6.07, 6.45) is 5.13. The fourth-order valence-electron chi connectivity index (χ4n) is 5.64. The molecule has 1 aliphatic heterocycles. The van der Waals surface area contributed by atoms with Crippen LogP contribution in [0.4, 0.5) is 5.69 Å². The maximum Gasteiger partial charge on any atom is 0.303 e. The molecule has 0 fully saturated rings. The molecule has 0 aliphatic carbocycles. The number of amides is 1. The summed E-state index contributed by atoms with van der Waals surface area (Å²) < 4.78 is 23.1. The number of carbonyl (C=O) groups is 3. The van der Waals surface area contributed by atoms with Gasteiger partial charge in [-0.15, -0.1) is 0 Å². The van der Waals surface area contributed by atoms with Crippen LogP contribution in [0.25, 0.3) is 11.1 Å². The molecule has 0 atom stereocenters. The van der Waals surface area contributed by atoms with Crippen molar-refractivity contribution in [2.24, 2.45) is 0 Å². The first kappa shape index (κ1) is 34.8. The number of anilines is 1. The Morgan fingerprint density at radius 3 is 2.27 bits per heavy atom. The van der Waals surface area contributed by atoms with Crippen LogP contribution in [0.2, 0.25) is 0 Å². The highest BCUT2D eigenvalue weighted by molar-refractivity contribution is 6.05. The van der Waals surface area contributed by atoms with Crippen LogP contribution in [0.5, 0.6) is 23.0 Å². The Morgan fingerprint density at radius 2 is 1.45 bits per heavy atom. The average Bonchev–Trinajstić information content (AvgIpc) is 3.57. The average molecular weight is 668 g/mol. The smallest absolute Gasteiger partial charge is 0.303 e. The number of benzene rings is 4. The van der Waals surface area contributed by atoms with Crippen LogP contribution in [0.1, 0.15) is 66.4 Å². The number of para-hydroxylation sites is 1. The van der Waals surface area contributed by atoms with Gasteiger partial charge in [0.2, 0.25) is 6.79 Å². The predicted octanol–water partition coefficient (Wildman–Crippen LogP) is 7.78. The van der Waals surface area contributed by atoms with E-state index in [0.29, 0.717) is 53.7 Å². The summed E-state index contributed by atoms with van der Waals surface area (Å²) in [5.74, 6) is 0.563. The minimum Gasteiger partial charge on any atom is -0.494 e. The summed E-state index contributed by atoms with van der Waals surface area (Å²) in [7, 11) is 0. The molecule has 0 bridgehead atoms. The maximum absolute atomic E-state index is 13.2. The first-order chi connectivity index (χ1) is 23.9. The largest absolute Gasteiger partial charge is 0.494 e. The highest BCUT2D eigenvalue weighted by atomic mass is 16.7. The highest BCUT2D eigenvalue weighted by Gasteiger charge is 2.17. The zero-order valence-electron chi connectivity index (χ0n) is 27.3. The number of unbranched alkanes of at least 4 members (excludes halogenated alkanes) is 3. The van der Waals surface area contributed by atoms with Crippen molar-refractivity contribution in [3.63, 3.8) is 0 Å². The summed E-state index contributed by atoms with van der Waals surface area (Å²) in [4.78, 5) is 35.4. The third-order valence-corrected chi connectivity index (χ3v) is 8.13. The number of carboxylic acids is 2. The lowest BCUT2D eigenvalue weighted by atomic mass is 9.97. The van der Waals surface area contributed by atoms with Gasteiger partial charge in [-0.3, -0.25) is 14.4 Å². The van der Waals surface area contributed by atoms with Gasteiger partial charge in [0.1, 0.15) is 11.5 Å². The van der Waals surface area contributed by atoms with Crippen molar-refractivity contribution in [3.05, 3.63) is 102 Å². The van der Waals surface area contributed by atoms with Crippen LogP contribution < -0.4 is 24.3 Å². The van der Waals surface area contributed by atoms with E-state index in [1.807, 2.05) is 78.9 Å². The quantitative estimate of drug-likeness (QED) is 0.0855. The van der Waals surface area contributed by atoms with Crippen LogP contribution in [0.3, 0.4) is 0 Å². The summed E-state index contributed by atoms with van der Waals surface area (Å²) in [5, 5.41) is 21.1. The fraction of sp³-hybridized carbons (Fsp3) is 0.308. The molecule has 0 unspecified atom stereocenters. The first-order valence-corrected chi connectivity index (χ1v) is 16.6. The third-order valence-electron chi connectivity index (χ3n) is 8.13. The summed E-state index contributed by atoms with van der Waals surface area (Å²) >= 11 is 0. The standard InChI is InChI=1S/C39H41NO9/c41-37(42)15-9-21-47-34-14-8-11-27(33(34)17-19-38(43)44)10-4-1-2-7-20-46-32-23-29(28-16-18-35-36(25-28)49-26-48-35)22-30(24-32)39(45)40-31-12-5-3-6-13-31/h3,5-6,8,11-14,16,18,22-25H,1-2,4,7,9-10,15,17,19-21,26H2,(H,40,45)(H,41,42)(H,43,44). The monoisotopic (exact) mass is 667 g/mol. The normalized spacial score (nSPS) is 11.6. The Balaban J connectivity index is 1.17. The van der Waals surface area contributed by atoms with Gasteiger partial charge in [-0.2, -0.15) is 0 Å². The van der Waals surface area contributed by atoms with E-state index in [2.05, 4.69) is 5.32 Å². The number of rotatable bonds is 19. The Bertz CT molecular complexity index is 1740. The molecular formula is C39H41NO9.